The van der Waals surface area contributed by atoms with Crippen molar-refractivity contribution in [3.05, 3.63) is 12.4 Å². The summed E-state index contributed by atoms with van der Waals surface area (Å²) in [6.07, 6.45) is 4.94. The maximum absolute atomic E-state index is 8.74. The fourth-order valence-corrected chi connectivity index (χ4v) is 1.50. The molecule has 0 fully saturated rings. The summed E-state index contributed by atoms with van der Waals surface area (Å²) in [5.41, 5.74) is 0.611. The summed E-state index contributed by atoms with van der Waals surface area (Å²) in [6.45, 7) is 2.25. The molecule has 0 saturated carbocycles. The molecular formula is C9H14N6O. The molecule has 1 unspecified atom stereocenters. The van der Waals surface area contributed by atoms with Crippen molar-refractivity contribution in [2.75, 3.05) is 11.9 Å². The summed E-state index contributed by atoms with van der Waals surface area (Å²) >= 11 is 0. The van der Waals surface area contributed by atoms with Crippen LogP contribution in [-0.2, 0) is 0 Å². The van der Waals surface area contributed by atoms with Crippen molar-refractivity contribution in [2.24, 2.45) is 0 Å². The molecule has 1 atom stereocenters. The highest BCUT2D eigenvalue weighted by Crippen LogP contribution is 2.09. The van der Waals surface area contributed by atoms with E-state index in [1.165, 1.54) is 0 Å². The minimum Gasteiger partial charge on any atom is -0.396 e. The van der Waals surface area contributed by atoms with Crippen LogP contribution in [-0.4, -0.2) is 42.8 Å². The first-order valence-electron chi connectivity index (χ1n) is 5.21. The Hall–Kier alpha value is -1.76. The molecule has 2 rings (SSSR count). The van der Waals surface area contributed by atoms with Gasteiger partial charge < -0.3 is 10.4 Å². The van der Waals surface area contributed by atoms with Gasteiger partial charge in [-0.05, 0) is 30.2 Å². The van der Waals surface area contributed by atoms with Crippen molar-refractivity contribution in [1.29, 1.82) is 0 Å². The van der Waals surface area contributed by atoms with Crippen LogP contribution in [0.1, 0.15) is 19.8 Å². The van der Waals surface area contributed by atoms with Crippen LogP contribution < -0.4 is 5.32 Å². The fraction of sp³-hybridized carbons (Fsp3) is 0.556. The summed E-state index contributed by atoms with van der Waals surface area (Å²) in [5, 5.41) is 23.2. The minimum atomic E-state index is 0.208. The van der Waals surface area contributed by atoms with Crippen LogP contribution in [0.3, 0.4) is 0 Å². The van der Waals surface area contributed by atoms with Gasteiger partial charge in [-0.1, -0.05) is 0 Å². The third-order valence-electron chi connectivity index (χ3n) is 2.30. The topological polar surface area (TPSA) is 88.2 Å². The number of aliphatic hydroxyl groups excluding tert-OH is 1. The standard InChI is InChI=1S/C9H14N6O/c1-7(3-2-4-16)11-8-5-10-6-9-12-13-14-15(8)9/h5-7,11,16H,2-4H2,1H3. The molecule has 2 aromatic rings. The van der Waals surface area contributed by atoms with E-state index in [1.807, 2.05) is 6.92 Å². The number of nitrogens with zero attached hydrogens (tertiary/aromatic N) is 5. The maximum atomic E-state index is 8.74. The first-order chi connectivity index (χ1) is 7.81. The van der Waals surface area contributed by atoms with Crippen molar-refractivity contribution in [3.63, 3.8) is 0 Å². The van der Waals surface area contributed by atoms with E-state index in [0.29, 0.717) is 5.65 Å². The van der Waals surface area contributed by atoms with E-state index in [9.17, 15) is 0 Å². The van der Waals surface area contributed by atoms with Gasteiger partial charge in [0.15, 0.2) is 11.5 Å². The van der Waals surface area contributed by atoms with Crippen molar-refractivity contribution >= 4 is 11.5 Å². The van der Waals surface area contributed by atoms with Crippen molar-refractivity contribution < 1.29 is 5.11 Å². The lowest BCUT2D eigenvalue weighted by molar-refractivity contribution is 0.282. The number of aromatic nitrogens is 5. The molecule has 0 aliphatic carbocycles. The van der Waals surface area contributed by atoms with E-state index in [2.05, 4.69) is 25.8 Å². The Kier molecular flexibility index (Phi) is 3.25. The lowest BCUT2D eigenvalue weighted by atomic mass is 10.2. The van der Waals surface area contributed by atoms with Crippen LogP contribution in [0.2, 0.25) is 0 Å². The Morgan fingerprint density at radius 1 is 1.50 bits per heavy atom. The Balaban J connectivity index is 2.11. The van der Waals surface area contributed by atoms with Gasteiger partial charge in [-0.3, -0.25) is 4.98 Å². The smallest absolute Gasteiger partial charge is 0.199 e. The maximum Gasteiger partial charge on any atom is 0.199 e. The molecule has 0 aliphatic heterocycles. The summed E-state index contributed by atoms with van der Waals surface area (Å²) in [6, 6.07) is 0.240. The Bertz CT molecular complexity index is 456. The van der Waals surface area contributed by atoms with Gasteiger partial charge in [0.25, 0.3) is 0 Å². The van der Waals surface area contributed by atoms with E-state index >= 15 is 0 Å². The number of rotatable bonds is 5. The summed E-state index contributed by atoms with van der Waals surface area (Å²) in [5.74, 6) is 0.757. The largest absolute Gasteiger partial charge is 0.396 e. The van der Waals surface area contributed by atoms with Gasteiger partial charge in [0.05, 0.1) is 12.4 Å². The van der Waals surface area contributed by atoms with Crippen LogP contribution in [0.25, 0.3) is 5.65 Å². The lowest BCUT2D eigenvalue weighted by Gasteiger charge is -2.14. The second-order valence-electron chi connectivity index (χ2n) is 3.65. The molecule has 0 amide bonds. The second kappa shape index (κ2) is 4.84. The Morgan fingerprint density at radius 2 is 2.38 bits per heavy atom. The number of anilines is 1. The van der Waals surface area contributed by atoms with Gasteiger partial charge >= 0.3 is 0 Å². The zero-order valence-electron chi connectivity index (χ0n) is 9.04. The molecule has 0 aliphatic rings. The van der Waals surface area contributed by atoms with Crippen LogP contribution in [0.4, 0.5) is 5.82 Å². The summed E-state index contributed by atoms with van der Waals surface area (Å²) in [4.78, 5) is 4.04. The van der Waals surface area contributed by atoms with E-state index < -0.39 is 0 Å². The molecule has 0 radical (unpaired) electrons. The molecule has 2 aromatic heterocycles. The molecule has 0 aromatic carbocycles. The van der Waals surface area contributed by atoms with Crippen molar-refractivity contribution in [3.8, 4) is 0 Å². The average Bonchev–Trinajstić information content (AvgIpc) is 2.75. The highest BCUT2D eigenvalue weighted by atomic mass is 16.2. The number of hydrogen-bond acceptors (Lipinski definition) is 6. The zero-order valence-corrected chi connectivity index (χ0v) is 9.04. The second-order valence-corrected chi connectivity index (χ2v) is 3.65. The number of fused-ring (bicyclic) bond motifs is 1. The number of nitrogens with one attached hydrogen (secondary N) is 1. The molecule has 2 heterocycles. The molecule has 0 bridgehead atoms. The quantitative estimate of drug-likeness (QED) is 0.745. The number of tetrazole rings is 1. The molecule has 0 saturated heterocycles. The summed E-state index contributed by atoms with van der Waals surface area (Å²) < 4.78 is 1.60. The third kappa shape index (κ3) is 2.25. The van der Waals surface area contributed by atoms with E-state index in [-0.39, 0.29) is 12.6 Å². The number of aliphatic hydroxyl groups is 1. The molecule has 86 valence electrons. The number of hydrogen-bond donors (Lipinski definition) is 2. The van der Waals surface area contributed by atoms with Crippen LogP contribution >= 0.6 is 0 Å². The fourth-order valence-electron chi connectivity index (χ4n) is 1.50. The third-order valence-corrected chi connectivity index (χ3v) is 2.30. The normalized spacial score (nSPS) is 12.9. The van der Waals surface area contributed by atoms with E-state index in [0.717, 1.165) is 18.7 Å². The molecule has 0 spiro atoms. The van der Waals surface area contributed by atoms with Crippen LogP contribution in [0.5, 0.6) is 0 Å². The van der Waals surface area contributed by atoms with E-state index in [4.69, 9.17) is 5.11 Å². The predicted octanol–water partition coefficient (Wildman–Crippen LogP) is 0.0922. The molecule has 16 heavy (non-hydrogen) atoms. The monoisotopic (exact) mass is 222 g/mol. The first kappa shape index (κ1) is 10.7. The van der Waals surface area contributed by atoms with Gasteiger partial charge in [0.2, 0.25) is 0 Å². The van der Waals surface area contributed by atoms with Crippen molar-refractivity contribution in [1.82, 2.24) is 25.0 Å². The zero-order chi connectivity index (χ0) is 11.4. The Labute approximate surface area is 92.5 Å². The van der Waals surface area contributed by atoms with E-state index in [1.54, 1.807) is 16.9 Å². The van der Waals surface area contributed by atoms with Gasteiger partial charge in [0, 0.05) is 12.6 Å². The van der Waals surface area contributed by atoms with Gasteiger partial charge in [0.1, 0.15) is 0 Å². The Morgan fingerprint density at radius 3 is 3.19 bits per heavy atom. The highest BCUT2D eigenvalue weighted by Gasteiger charge is 2.07. The molecule has 7 heteroatoms. The molecule has 2 N–H and O–H groups in total. The minimum absolute atomic E-state index is 0.208. The highest BCUT2D eigenvalue weighted by molar-refractivity contribution is 5.44. The van der Waals surface area contributed by atoms with Crippen LogP contribution in [0, 0.1) is 0 Å². The van der Waals surface area contributed by atoms with Crippen LogP contribution in [0.15, 0.2) is 12.4 Å². The average molecular weight is 222 g/mol. The first-order valence-corrected chi connectivity index (χ1v) is 5.21. The molecular weight excluding hydrogens is 208 g/mol. The summed E-state index contributed by atoms with van der Waals surface area (Å²) in [7, 11) is 0. The van der Waals surface area contributed by atoms with Gasteiger partial charge in [-0.25, -0.2) is 0 Å². The van der Waals surface area contributed by atoms with Gasteiger partial charge in [-0.15, -0.1) is 5.10 Å². The van der Waals surface area contributed by atoms with Gasteiger partial charge in [-0.2, -0.15) is 4.52 Å². The predicted molar refractivity (Wildman–Crippen MR) is 58.0 cm³/mol. The van der Waals surface area contributed by atoms with Crippen molar-refractivity contribution in [2.45, 2.75) is 25.8 Å². The SMILES string of the molecule is CC(CCCO)Nc1cncc2nnnn12. The molecule has 7 nitrogen and oxygen atoms in total. The lowest BCUT2D eigenvalue weighted by Crippen LogP contribution is -2.18.